The average molecular weight is 510 g/mol. The molecule has 5 rings (SSSR count). The van der Waals surface area contributed by atoms with Crippen LogP contribution in [0.15, 0.2) is 95.0 Å². The van der Waals surface area contributed by atoms with Crippen LogP contribution in [-0.4, -0.2) is 38.4 Å². The van der Waals surface area contributed by atoms with Gasteiger partial charge in [0.1, 0.15) is 11.5 Å². The minimum Gasteiger partial charge on any atom is -0.335 e. The van der Waals surface area contributed by atoms with Crippen LogP contribution in [0.1, 0.15) is 27.7 Å². The van der Waals surface area contributed by atoms with E-state index in [4.69, 9.17) is 0 Å². The Morgan fingerprint density at radius 2 is 1.63 bits per heavy atom. The molecule has 5 aromatic rings. The normalized spacial score (nSPS) is 11.9. The van der Waals surface area contributed by atoms with Crippen LogP contribution >= 0.6 is 0 Å². The highest BCUT2D eigenvalue weighted by atomic mass is 19.1. The summed E-state index contributed by atoms with van der Waals surface area (Å²) >= 11 is 0. The molecule has 2 amide bonds. The SMILES string of the molecule is O=C(NC(C(=O)NN=Cc1cn[nH]c1-c1ccc(F)cc1)c1n[nH]c(=O)c2ccccc12)c1ccccc1. The zero-order chi connectivity index (χ0) is 26.5. The van der Waals surface area contributed by atoms with Crippen molar-refractivity contribution in [1.29, 1.82) is 0 Å². The van der Waals surface area contributed by atoms with Gasteiger partial charge in [-0.25, -0.2) is 14.9 Å². The average Bonchev–Trinajstić information content (AvgIpc) is 3.41. The fourth-order valence-electron chi connectivity index (χ4n) is 3.89. The molecule has 0 aliphatic heterocycles. The number of halogens is 1. The zero-order valence-corrected chi connectivity index (χ0v) is 19.7. The maximum atomic E-state index is 13.3. The minimum absolute atomic E-state index is 0.146. The molecule has 3 aromatic carbocycles. The van der Waals surface area contributed by atoms with Gasteiger partial charge in [-0.1, -0.05) is 36.4 Å². The number of nitrogens with zero attached hydrogens (tertiary/aromatic N) is 3. The summed E-state index contributed by atoms with van der Waals surface area (Å²) < 4.78 is 13.3. The third-order valence-electron chi connectivity index (χ3n) is 5.75. The van der Waals surface area contributed by atoms with E-state index in [0.29, 0.717) is 33.2 Å². The van der Waals surface area contributed by atoms with Gasteiger partial charge in [-0.05, 0) is 42.5 Å². The summed E-state index contributed by atoms with van der Waals surface area (Å²) in [4.78, 5) is 38.6. The predicted octanol–water partition coefficient (Wildman–Crippen LogP) is 3.07. The molecule has 188 valence electrons. The van der Waals surface area contributed by atoms with Crippen LogP contribution in [0, 0.1) is 5.82 Å². The first-order chi connectivity index (χ1) is 18.5. The van der Waals surface area contributed by atoms with E-state index in [0.717, 1.165) is 0 Å². The highest BCUT2D eigenvalue weighted by Crippen LogP contribution is 2.22. The summed E-state index contributed by atoms with van der Waals surface area (Å²) in [7, 11) is 0. The Morgan fingerprint density at radius 3 is 2.39 bits per heavy atom. The Hall–Kier alpha value is -5.45. The fourth-order valence-corrected chi connectivity index (χ4v) is 3.89. The van der Waals surface area contributed by atoms with Crippen molar-refractivity contribution >= 4 is 28.8 Å². The molecule has 10 nitrogen and oxygen atoms in total. The molecular weight excluding hydrogens is 489 g/mol. The second-order valence-electron chi connectivity index (χ2n) is 8.20. The number of carbonyl (C=O) groups is 2. The van der Waals surface area contributed by atoms with Crippen molar-refractivity contribution in [1.82, 2.24) is 31.1 Å². The number of hydrazone groups is 1. The maximum absolute atomic E-state index is 13.3. The maximum Gasteiger partial charge on any atom is 0.272 e. The summed E-state index contributed by atoms with van der Waals surface area (Å²) in [5.74, 6) is -1.58. The lowest BCUT2D eigenvalue weighted by Gasteiger charge is -2.18. The van der Waals surface area contributed by atoms with Crippen molar-refractivity contribution in [2.24, 2.45) is 5.10 Å². The molecule has 2 aromatic heterocycles. The van der Waals surface area contributed by atoms with Gasteiger partial charge < -0.3 is 5.32 Å². The van der Waals surface area contributed by atoms with E-state index in [1.807, 2.05) is 0 Å². The lowest BCUT2D eigenvalue weighted by Crippen LogP contribution is -2.40. The highest BCUT2D eigenvalue weighted by Gasteiger charge is 2.27. The lowest BCUT2D eigenvalue weighted by atomic mass is 10.0. The lowest BCUT2D eigenvalue weighted by molar-refractivity contribution is -0.123. The van der Waals surface area contributed by atoms with E-state index >= 15 is 0 Å². The number of rotatable bonds is 7. The van der Waals surface area contributed by atoms with Crippen LogP contribution in [0.25, 0.3) is 22.0 Å². The van der Waals surface area contributed by atoms with E-state index in [2.05, 4.69) is 36.2 Å². The number of hydrogen-bond donors (Lipinski definition) is 4. The molecule has 1 atom stereocenters. The monoisotopic (exact) mass is 509 g/mol. The molecule has 0 bridgehead atoms. The topological polar surface area (TPSA) is 145 Å². The van der Waals surface area contributed by atoms with Crippen LogP contribution in [0.3, 0.4) is 0 Å². The van der Waals surface area contributed by atoms with E-state index in [1.165, 1.54) is 24.5 Å². The molecule has 0 spiro atoms. The van der Waals surface area contributed by atoms with Crippen LogP contribution < -0.4 is 16.3 Å². The summed E-state index contributed by atoms with van der Waals surface area (Å²) in [6.45, 7) is 0. The number of H-pyrrole nitrogens is 2. The van der Waals surface area contributed by atoms with Crippen molar-refractivity contribution in [3.8, 4) is 11.3 Å². The zero-order valence-electron chi connectivity index (χ0n) is 19.7. The standard InChI is InChI=1S/C27H20FN7O3/c28-19-12-10-16(11-13-19)22-18(14-29-32-22)15-30-34-27(38)24(31-25(36)17-6-2-1-3-7-17)23-20-8-4-5-9-21(20)26(37)35-33-23/h1-15,24H,(H,29,32)(H,31,36)(H,34,38)(H,35,37). The number of amides is 2. The second kappa shape index (κ2) is 10.7. The Bertz CT molecular complexity index is 1700. The van der Waals surface area contributed by atoms with Gasteiger partial charge in [0.05, 0.1) is 23.5 Å². The van der Waals surface area contributed by atoms with E-state index in [-0.39, 0.29) is 11.5 Å². The van der Waals surface area contributed by atoms with Crippen molar-refractivity contribution in [2.75, 3.05) is 0 Å². The predicted molar refractivity (Wildman–Crippen MR) is 139 cm³/mol. The second-order valence-corrected chi connectivity index (χ2v) is 8.20. The van der Waals surface area contributed by atoms with Gasteiger partial charge in [0.25, 0.3) is 17.4 Å². The first kappa shape index (κ1) is 24.3. The number of nitrogens with one attached hydrogen (secondary N) is 4. The molecule has 0 aliphatic rings. The van der Waals surface area contributed by atoms with Crippen molar-refractivity contribution in [3.05, 3.63) is 118 Å². The summed E-state index contributed by atoms with van der Waals surface area (Å²) in [6.07, 6.45) is 2.87. The van der Waals surface area contributed by atoms with Gasteiger partial charge in [0.15, 0.2) is 6.04 Å². The van der Waals surface area contributed by atoms with Crippen molar-refractivity contribution < 1.29 is 14.0 Å². The Kier molecular flexibility index (Phi) is 6.81. The summed E-state index contributed by atoms with van der Waals surface area (Å²) in [5, 5.41) is 20.7. The highest BCUT2D eigenvalue weighted by molar-refractivity contribution is 5.99. The smallest absolute Gasteiger partial charge is 0.272 e. The Labute approximate surface area is 214 Å². The van der Waals surface area contributed by atoms with Gasteiger partial charge in [-0.2, -0.15) is 15.3 Å². The molecule has 0 saturated heterocycles. The van der Waals surface area contributed by atoms with E-state index in [9.17, 15) is 18.8 Å². The van der Waals surface area contributed by atoms with Crippen molar-refractivity contribution in [3.63, 3.8) is 0 Å². The summed E-state index contributed by atoms with van der Waals surface area (Å²) in [5.41, 5.74) is 4.27. The molecule has 0 radical (unpaired) electrons. The number of aromatic amines is 2. The van der Waals surface area contributed by atoms with Gasteiger partial charge in [0.2, 0.25) is 0 Å². The third-order valence-corrected chi connectivity index (χ3v) is 5.75. The summed E-state index contributed by atoms with van der Waals surface area (Å²) in [6, 6.07) is 19.5. The van der Waals surface area contributed by atoms with Crippen molar-refractivity contribution in [2.45, 2.75) is 6.04 Å². The molecule has 2 heterocycles. The molecule has 11 heteroatoms. The van der Waals surface area contributed by atoms with Crippen LogP contribution in [0.2, 0.25) is 0 Å². The molecule has 1 unspecified atom stereocenters. The number of benzene rings is 3. The van der Waals surface area contributed by atoms with Crippen LogP contribution in [-0.2, 0) is 4.79 Å². The number of aromatic nitrogens is 4. The van der Waals surface area contributed by atoms with Crippen LogP contribution in [0.5, 0.6) is 0 Å². The number of fused-ring (bicyclic) bond motifs is 1. The molecule has 0 saturated carbocycles. The Balaban J connectivity index is 1.44. The molecular formula is C27H20FN7O3. The fraction of sp³-hybridized carbons (Fsp3) is 0.0370. The first-order valence-electron chi connectivity index (χ1n) is 11.5. The Morgan fingerprint density at radius 1 is 0.921 bits per heavy atom. The molecule has 4 N–H and O–H groups in total. The quantitative estimate of drug-likeness (QED) is 0.197. The first-order valence-corrected chi connectivity index (χ1v) is 11.5. The van der Waals surface area contributed by atoms with Crippen LogP contribution in [0.4, 0.5) is 4.39 Å². The van der Waals surface area contributed by atoms with Gasteiger partial charge in [-0.15, -0.1) is 0 Å². The molecule has 0 fully saturated rings. The van der Waals surface area contributed by atoms with E-state index in [1.54, 1.807) is 66.7 Å². The third kappa shape index (κ3) is 5.07. The minimum atomic E-state index is -1.29. The van der Waals surface area contributed by atoms with Gasteiger partial charge in [-0.3, -0.25) is 19.5 Å². The number of carbonyl (C=O) groups excluding carboxylic acids is 2. The van der Waals surface area contributed by atoms with Gasteiger partial charge in [0, 0.05) is 22.1 Å². The van der Waals surface area contributed by atoms with E-state index < -0.39 is 23.4 Å². The largest absolute Gasteiger partial charge is 0.335 e. The number of hydrogen-bond acceptors (Lipinski definition) is 6. The molecule has 38 heavy (non-hydrogen) atoms. The van der Waals surface area contributed by atoms with Gasteiger partial charge >= 0.3 is 0 Å². The molecule has 0 aliphatic carbocycles.